The lowest BCUT2D eigenvalue weighted by atomic mass is 9.95. The van der Waals surface area contributed by atoms with Crippen LogP contribution in [0.3, 0.4) is 0 Å². The van der Waals surface area contributed by atoms with Crippen LogP contribution >= 0.6 is 0 Å². The summed E-state index contributed by atoms with van der Waals surface area (Å²) in [6, 6.07) is 4.23. The molecule has 0 unspecified atom stereocenters. The van der Waals surface area contributed by atoms with Crippen molar-refractivity contribution in [3.05, 3.63) is 18.5 Å². The summed E-state index contributed by atoms with van der Waals surface area (Å²) in [6.07, 6.45) is 7.19. The first-order chi connectivity index (χ1) is 10.3. The molecular weight excluding hydrogens is 266 g/mol. The molecule has 2 heterocycles. The van der Waals surface area contributed by atoms with E-state index in [0.29, 0.717) is 6.04 Å². The monoisotopic (exact) mass is 285 g/mol. The molecule has 6 heteroatoms. The quantitative estimate of drug-likeness (QED) is 0.777. The van der Waals surface area contributed by atoms with Crippen molar-refractivity contribution in [1.29, 1.82) is 5.26 Å². The second-order valence-corrected chi connectivity index (χ2v) is 5.67. The molecule has 0 aromatic carbocycles. The highest BCUT2D eigenvalue weighted by Crippen LogP contribution is 2.30. The molecule has 1 aromatic heterocycles. The van der Waals surface area contributed by atoms with Gasteiger partial charge in [-0.2, -0.15) is 5.26 Å². The Morgan fingerprint density at radius 2 is 1.95 bits per heavy atom. The number of hydrogen-bond acceptors (Lipinski definition) is 5. The standard InChI is InChI=1S/C15H19N5O/c16-6-11-20(13-2-3-13)14(21)12-4-9-19(10-5-12)15-17-7-1-8-18-15/h1,7-8,12-13H,2-5,9-11H2. The molecule has 1 aliphatic carbocycles. The Labute approximate surface area is 124 Å². The predicted molar refractivity (Wildman–Crippen MR) is 77.3 cm³/mol. The number of nitriles is 1. The highest BCUT2D eigenvalue weighted by Gasteiger charge is 2.36. The van der Waals surface area contributed by atoms with Gasteiger partial charge in [-0.05, 0) is 31.7 Å². The first-order valence-corrected chi connectivity index (χ1v) is 7.49. The largest absolute Gasteiger partial charge is 0.341 e. The predicted octanol–water partition coefficient (Wildman–Crippen LogP) is 1.21. The molecule has 110 valence electrons. The van der Waals surface area contributed by atoms with E-state index >= 15 is 0 Å². The minimum absolute atomic E-state index is 0.0407. The number of hydrogen-bond donors (Lipinski definition) is 0. The summed E-state index contributed by atoms with van der Waals surface area (Å²) in [5.74, 6) is 0.936. The van der Waals surface area contributed by atoms with Crippen molar-refractivity contribution in [3.8, 4) is 6.07 Å². The van der Waals surface area contributed by atoms with Crippen molar-refractivity contribution in [1.82, 2.24) is 14.9 Å². The van der Waals surface area contributed by atoms with Crippen molar-refractivity contribution >= 4 is 11.9 Å². The molecule has 0 radical (unpaired) electrons. The third-order valence-corrected chi connectivity index (χ3v) is 4.19. The maximum Gasteiger partial charge on any atom is 0.226 e. The molecule has 2 aliphatic rings. The summed E-state index contributed by atoms with van der Waals surface area (Å²) in [6.45, 7) is 1.82. The molecule has 1 aromatic rings. The summed E-state index contributed by atoms with van der Waals surface area (Å²) in [5, 5.41) is 8.88. The second kappa shape index (κ2) is 6.08. The number of amides is 1. The van der Waals surface area contributed by atoms with E-state index in [4.69, 9.17) is 5.26 Å². The van der Waals surface area contributed by atoms with Crippen LogP contribution in [0.2, 0.25) is 0 Å². The Morgan fingerprint density at radius 1 is 1.29 bits per heavy atom. The molecule has 6 nitrogen and oxygen atoms in total. The molecule has 0 atom stereocenters. The molecule has 1 amide bonds. The second-order valence-electron chi connectivity index (χ2n) is 5.67. The lowest BCUT2D eigenvalue weighted by Gasteiger charge is -2.33. The smallest absolute Gasteiger partial charge is 0.226 e. The fourth-order valence-electron chi connectivity index (χ4n) is 2.86. The van der Waals surface area contributed by atoms with Gasteiger partial charge in [0.15, 0.2) is 0 Å². The lowest BCUT2D eigenvalue weighted by molar-refractivity contribution is -0.136. The lowest BCUT2D eigenvalue weighted by Crippen LogP contribution is -2.44. The fraction of sp³-hybridized carbons (Fsp3) is 0.600. The highest BCUT2D eigenvalue weighted by atomic mass is 16.2. The van der Waals surface area contributed by atoms with Gasteiger partial charge >= 0.3 is 0 Å². The van der Waals surface area contributed by atoms with Gasteiger partial charge in [-0.3, -0.25) is 4.79 Å². The summed E-state index contributed by atoms with van der Waals surface area (Å²) in [4.78, 5) is 24.9. The van der Waals surface area contributed by atoms with Crippen molar-refractivity contribution in [2.24, 2.45) is 5.92 Å². The van der Waals surface area contributed by atoms with Crippen LogP contribution in [0.1, 0.15) is 25.7 Å². The van der Waals surface area contributed by atoms with Gasteiger partial charge in [0, 0.05) is 37.4 Å². The Morgan fingerprint density at radius 3 is 2.52 bits per heavy atom. The van der Waals surface area contributed by atoms with Crippen LogP contribution < -0.4 is 4.90 Å². The van der Waals surface area contributed by atoms with E-state index < -0.39 is 0 Å². The molecule has 0 spiro atoms. The number of piperidine rings is 1. The average Bonchev–Trinajstić information content (AvgIpc) is 3.38. The Bertz CT molecular complexity index is 529. The molecule has 3 rings (SSSR count). The fourth-order valence-corrected chi connectivity index (χ4v) is 2.86. The molecule has 1 saturated heterocycles. The SMILES string of the molecule is N#CCN(C(=O)C1CCN(c2ncccn2)CC1)C1CC1. The minimum Gasteiger partial charge on any atom is -0.341 e. The molecule has 21 heavy (non-hydrogen) atoms. The topological polar surface area (TPSA) is 73.1 Å². The van der Waals surface area contributed by atoms with Crippen LogP contribution in [0.5, 0.6) is 0 Å². The Kier molecular flexibility index (Phi) is 4.00. The molecule has 1 aliphatic heterocycles. The molecule has 0 N–H and O–H groups in total. The van der Waals surface area contributed by atoms with Crippen molar-refractivity contribution in [3.63, 3.8) is 0 Å². The zero-order chi connectivity index (χ0) is 14.7. The van der Waals surface area contributed by atoms with Gasteiger partial charge in [0.1, 0.15) is 6.54 Å². The molecular formula is C15H19N5O. The van der Waals surface area contributed by atoms with Crippen LogP contribution in [-0.2, 0) is 4.79 Å². The number of nitrogens with zero attached hydrogens (tertiary/aromatic N) is 5. The van der Waals surface area contributed by atoms with E-state index in [1.165, 1.54) is 0 Å². The van der Waals surface area contributed by atoms with E-state index in [2.05, 4.69) is 20.9 Å². The van der Waals surface area contributed by atoms with E-state index in [1.54, 1.807) is 23.4 Å². The number of carbonyl (C=O) groups excluding carboxylic acids is 1. The zero-order valence-electron chi connectivity index (χ0n) is 12.0. The van der Waals surface area contributed by atoms with E-state index in [9.17, 15) is 4.79 Å². The number of rotatable bonds is 4. The first-order valence-electron chi connectivity index (χ1n) is 7.49. The van der Waals surface area contributed by atoms with Gasteiger partial charge in [0.2, 0.25) is 11.9 Å². The maximum atomic E-state index is 12.5. The van der Waals surface area contributed by atoms with Gasteiger partial charge in [-0.25, -0.2) is 9.97 Å². The summed E-state index contributed by atoms with van der Waals surface area (Å²) >= 11 is 0. The van der Waals surface area contributed by atoms with Crippen molar-refractivity contribution in [2.75, 3.05) is 24.5 Å². The normalized spacial score (nSPS) is 19.1. The van der Waals surface area contributed by atoms with Crippen molar-refractivity contribution in [2.45, 2.75) is 31.7 Å². The third-order valence-electron chi connectivity index (χ3n) is 4.19. The maximum absolute atomic E-state index is 12.5. The third kappa shape index (κ3) is 3.13. The van der Waals surface area contributed by atoms with Gasteiger partial charge in [-0.15, -0.1) is 0 Å². The van der Waals surface area contributed by atoms with Gasteiger partial charge in [0.25, 0.3) is 0 Å². The van der Waals surface area contributed by atoms with Crippen LogP contribution in [-0.4, -0.2) is 46.5 Å². The van der Waals surface area contributed by atoms with Gasteiger partial charge < -0.3 is 9.80 Å². The first kappa shape index (κ1) is 13.8. The highest BCUT2D eigenvalue weighted by molar-refractivity contribution is 5.80. The Hall–Kier alpha value is -2.16. The van der Waals surface area contributed by atoms with E-state index in [-0.39, 0.29) is 18.4 Å². The number of aromatic nitrogens is 2. The Balaban J connectivity index is 1.58. The van der Waals surface area contributed by atoms with Crippen molar-refractivity contribution < 1.29 is 4.79 Å². The van der Waals surface area contributed by atoms with Crippen LogP contribution in [0.15, 0.2) is 18.5 Å². The number of carbonyl (C=O) groups is 1. The molecule has 0 bridgehead atoms. The zero-order valence-corrected chi connectivity index (χ0v) is 12.0. The molecule has 1 saturated carbocycles. The minimum atomic E-state index is 0.0407. The van der Waals surface area contributed by atoms with E-state index in [0.717, 1.165) is 44.7 Å². The summed E-state index contributed by atoms with van der Waals surface area (Å²) < 4.78 is 0. The number of anilines is 1. The van der Waals surface area contributed by atoms with Crippen LogP contribution in [0.4, 0.5) is 5.95 Å². The average molecular weight is 285 g/mol. The van der Waals surface area contributed by atoms with Gasteiger partial charge in [0.05, 0.1) is 6.07 Å². The van der Waals surface area contributed by atoms with Crippen LogP contribution in [0.25, 0.3) is 0 Å². The summed E-state index contributed by atoms with van der Waals surface area (Å²) in [7, 11) is 0. The van der Waals surface area contributed by atoms with Gasteiger partial charge in [-0.1, -0.05) is 0 Å². The van der Waals surface area contributed by atoms with Crippen LogP contribution in [0, 0.1) is 17.2 Å². The summed E-state index contributed by atoms with van der Waals surface area (Å²) in [5.41, 5.74) is 0. The molecule has 2 fully saturated rings. The van der Waals surface area contributed by atoms with E-state index in [1.807, 2.05) is 0 Å².